The number of carbonyl (C=O) groups excluding carboxylic acids is 1. The number of aliphatic hydroxyl groups excluding tert-OH is 1. The summed E-state index contributed by atoms with van der Waals surface area (Å²) >= 11 is 0. The molecular formula is C21H27ClN2O3. The van der Waals surface area contributed by atoms with E-state index in [2.05, 4.69) is 34.1 Å². The maximum Gasteiger partial charge on any atom is 0.311 e. The first-order chi connectivity index (χ1) is 12.7. The second-order valence-electron chi connectivity index (χ2n) is 8.18. The fraction of sp³-hybridized carbons (Fsp3) is 0.571. The number of rotatable bonds is 1. The minimum atomic E-state index is -0.568. The van der Waals surface area contributed by atoms with Crippen molar-refractivity contribution >= 4 is 29.3 Å². The molecule has 2 fully saturated rings. The van der Waals surface area contributed by atoms with Gasteiger partial charge in [0.25, 0.3) is 0 Å². The van der Waals surface area contributed by atoms with Gasteiger partial charge in [0.05, 0.1) is 25.2 Å². The number of aromatic amines is 1. The molecule has 5 rings (SSSR count). The lowest BCUT2D eigenvalue weighted by molar-refractivity contribution is -0.160. The van der Waals surface area contributed by atoms with E-state index in [4.69, 9.17) is 4.74 Å². The van der Waals surface area contributed by atoms with Crippen LogP contribution in [0.5, 0.6) is 0 Å². The van der Waals surface area contributed by atoms with Gasteiger partial charge in [0.2, 0.25) is 0 Å². The van der Waals surface area contributed by atoms with Crippen molar-refractivity contribution in [3.05, 3.63) is 35.5 Å². The topological polar surface area (TPSA) is 65.6 Å². The smallest absolute Gasteiger partial charge is 0.311 e. The van der Waals surface area contributed by atoms with Crippen LogP contribution in [0.2, 0.25) is 0 Å². The molecule has 146 valence electrons. The molecule has 0 spiro atoms. The minimum Gasteiger partial charge on any atom is -0.469 e. The first-order valence-corrected chi connectivity index (χ1v) is 9.76. The highest BCUT2D eigenvalue weighted by Gasteiger charge is 2.49. The standard InChI is InChI=1S/C21H26N2O3.ClH/c1-26-21(25)19-15-10-17-20-14(13-4-2-3-5-16(13)22-20)8-9-23(17)11-12(15)6-7-18(19)24;/h2-5,12,15,17-19,22,24H,6-11H2,1H3;1H/t12-,15-,17-,18?,19+;/m0./s1. The van der Waals surface area contributed by atoms with E-state index in [1.54, 1.807) is 0 Å². The fourth-order valence-corrected chi connectivity index (χ4v) is 5.80. The molecule has 1 aromatic heterocycles. The van der Waals surface area contributed by atoms with Crippen molar-refractivity contribution in [2.45, 2.75) is 37.8 Å². The Hall–Kier alpha value is -1.56. The number of hydrogen-bond acceptors (Lipinski definition) is 4. The Bertz CT molecular complexity index is 851. The monoisotopic (exact) mass is 390 g/mol. The summed E-state index contributed by atoms with van der Waals surface area (Å²) in [5.41, 5.74) is 3.96. The highest BCUT2D eigenvalue weighted by atomic mass is 35.5. The predicted molar refractivity (Wildman–Crippen MR) is 106 cm³/mol. The number of benzene rings is 1. The van der Waals surface area contributed by atoms with Gasteiger partial charge in [-0.2, -0.15) is 0 Å². The van der Waals surface area contributed by atoms with Gasteiger partial charge >= 0.3 is 5.97 Å². The Morgan fingerprint density at radius 3 is 2.93 bits per heavy atom. The lowest BCUT2D eigenvalue weighted by atomic mass is 9.65. The molecule has 2 aliphatic heterocycles. The van der Waals surface area contributed by atoms with E-state index in [1.165, 1.54) is 29.3 Å². The number of aromatic nitrogens is 1. The third-order valence-corrected chi connectivity index (χ3v) is 7.02. The summed E-state index contributed by atoms with van der Waals surface area (Å²) in [5.74, 6) is 0.0541. The molecule has 0 amide bonds. The number of para-hydroxylation sites is 1. The maximum atomic E-state index is 12.4. The molecule has 2 aromatic rings. The maximum absolute atomic E-state index is 12.4. The number of aliphatic hydroxyl groups is 1. The average molecular weight is 391 g/mol. The number of halogens is 1. The number of esters is 1. The molecule has 3 heterocycles. The Morgan fingerprint density at radius 1 is 1.30 bits per heavy atom. The first-order valence-electron chi connectivity index (χ1n) is 9.76. The zero-order valence-electron chi connectivity index (χ0n) is 15.6. The van der Waals surface area contributed by atoms with Crippen LogP contribution in [-0.2, 0) is 16.0 Å². The van der Waals surface area contributed by atoms with Crippen LogP contribution in [0, 0.1) is 17.8 Å². The summed E-state index contributed by atoms with van der Waals surface area (Å²) < 4.78 is 5.04. The zero-order chi connectivity index (χ0) is 17.8. The molecule has 1 aromatic carbocycles. The van der Waals surface area contributed by atoms with Crippen LogP contribution in [0.25, 0.3) is 10.9 Å². The summed E-state index contributed by atoms with van der Waals surface area (Å²) in [6.07, 6.45) is 3.14. The van der Waals surface area contributed by atoms with Gasteiger partial charge in [-0.15, -0.1) is 12.4 Å². The normalized spacial score (nSPS) is 32.7. The molecule has 5 atom stereocenters. The predicted octanol–water partition coefficient (Wildman–Crippen LogP) is 3.07. The van der Waals surface area contributed by atoms with Gasteiger partial charge in [-0.1, -0.05) is 18.2 Å². The highest BCUT2D eigenvalue weighted by Crippen LogP contribution is 2.49. The second kappa shape index (κ2) is 7.12. The van der Waals surface area contributed by atoms with Crippen molar-refractivity contribution in [3.63, 3.8) is 0 Å². The Balaban J connectivity index is 0.00000180. The SMILES string of the molecule is COC(=O)[C@H]1C(O)CC[C@H]2CN3CCc4c([nH]c5ccccc45)[C@@H]3C[C@@H]21.Cl. The van der Waals surface area contributed by atoms with Crippen molar-refractivity contribution in [1.29, 1.82) is 0 Å². The summed E-state index contributed by atoms with van der Waals surface area (Å²) in [4.78, 5) is 18.6. The number of nitrogens with zero attached hydrogens (tertiary/aromatic N) is 1. The van der Waals surface area contributed by atoms with Gasteiger partial charge in [0.1, 0.15) is 0 Å². The van der Waals surface area contributed by atoms with Crippen molar-refractivity contribution in [1.82, 2.24) is 9.88 Å². The van der Waals surface area contributed by atoms with E-state index in [-0.39, 0.29) is 30.2 Å². The van der Waals surface area contributed by atoms with Crippen molar-refractivity contribution in [2.75, 3.05) is 20.2 Å². The Kier molecular flexibility index (Phi) is 4.95. The number of carbonyl (C=O) groups is 1. The number of nitrogens with one attached hydrogen (secondary N) is 1. The van der Waals surface area contributed by atoms with Crippen LogP contribution >= 0.6 is 12.4 Å². The van der Waals surface area contributed by atoms with E-state index < -0.39 is 6.10 Å². The quantitative estimate of drug-likeness (QED) is 0.734. The molecular weight excluding hydrogens is 364 g/mol. The molecule has 1 unspecified atom stereocenters. The van der Waals surface area contributed by atoms with Gasteiger partial charge in [-0.05, 0) is 49.1 Å². The van der Waals surface area contributed by atoms with Crippen molar-refractivity contribution in [2.24, 2.45) is 17.8 Å². The molecule has 0 bridgehead atoms. The van der Waals surface area contributed by atoms with Crippen LogP contribution in [0.1, 0.15) is 36.6 Å². The van der Waals surface area contributed by atoms with Crippen molar-refractivity contribution < 1.29 is 14.6 Å². The van der Waals surface area contributed by atoms with E-state index in [0.717, 1.165) is 32.4 Å². The van der Waals surface area contributed by atoms with Crippen LogP contribution in [-0.4, -0.2) is 47.3 Å². The van der Waals surface area contributed by atoms with Crippen LogP contribution in [0.4, 0.5) is 0 Å². The highest BCUT2D eigenvalue weighted by molar-refractivity contribution is 5.85. The van der Waals surface area contributed by atoms with Gasteiger partial charge in [-0.25, -0.2) is 0 Å². The minimum absolute atomic E-state index is 0. The lowest BCUT2D eigenvalue weighted by Crippen LogP contribution is -2.53. The molecule has 1 aliphatic carbocycles. The number of H-pyrrole nitrogens is 1. The number of ether oxygens (including phenoxy) is 1. The van der Waals surface area contributed by atoms with E-state index >= 15 is 0 Å². The third kappa shape index (κ3) is 2.87. The number of fused-ring (bicyclic) bond motifs is 6. The lowest BCUT2D eigenvalue weighted by Gasteiger charge is -2.50. The third-order valence-electron chi connectivity index (χ3n) is 7.02. The summed E-state index contributed by atoms with van der Waals surface area (Å²) in [6, 6.07) is 8.83. The molecule has 2 N–H and O–H groups in total. The fourth-order valence-electron chi connectivity index (χ4n) is 5.80. The van der Waals surface area contributed by atoms with E-state index in [1.807, 2.05) is 0 Å². The van der Waals surface area contributed by atoms with E-state index in [0.29, 0.717) is 18.4 Å². The van der Waals surface area contributed by atoms with Crippen molar-refractivity contribution in [3.8, 4) is 0 Å². The molecule has 1 saturated carbocycles. The Labute approximate surface area is 165 Å². The number of methoxy groups -OCH3 is 1. The molecule has 3 aliphatic rings. The zero-order valence-corrected chi connectivity index (χ0v) is 16.4. The molecule has 27 heavy (non-hydrogen) atoms. The first kappa shape index (κ1) is 18.8. The van der Waals surface area contributed by atoms with Gasteiger partial charge < -0.3 is 14.8 Å². The van der Waals surface area contributed by atoms with Crippen LogP contribution in [0.15, 0.2) is 24.3 Å². The van der Waals surface area contributed by atoms with Crippen LogP contribution < -0.4 is 0 Å². The molecule has 6 heteroatoms. The molecule has 0 radical (unpaired) electrons. The Morgan fingerprint density at radius 2 is 2.11 bits per heavy atom. The molecule has 5 nitrogen and oxygen atoms in total. The van der Waals surface area contributed by atoms with Gasteiger partial charge in [0.15, 0.2) is 0 Å². The van der Waals surface area contributed by atoms with Gasteiger partial charge in [-0.3, -0.25) is 9.69 Å². The number of piperidine rings is 1. The van der Waals surface area contributed by atoms with E-state index in [9.17, 15) is 9.90 Å². The second-order valence-corrected chi connectivity index (χ2v) is 8.18. The van der Waals surface area contributed by atoms with Crippen LogP contribution in [0.3, 0.4) is 0 Å². The summed E-state index contributed by atoms with van der Waals surface area (Å²) in [5, 5.41) is 11.8. The molecule has 1 saturated heterocycles. The van der Waals surface area contributed by atoms with Gasteiger partial charge in [0, 0.05) is 29.7 Å². The summed E-state index contributed by atoms with van der Waals surface area (Å²) in [7, 11) is 1.43. The summed E-state index contributed by atoms with van der Waals surface area (Å²) in [6.45, 7) is 2.10. The largest absolute Gasteiger partial charge is 0.469 e. The number of hydrogen-bond donors (Lipinski definition) is 2. The average Bonchev–Trinajstić information content (AvgIpc) is 3.05.